The molecule has 0 unspecified atom stereocenters. The van der Waals surface area contributed by atoms with Gasteiger partial charge in [-0.1, -0.05) is 0 Å². The molecule has 90 valence electrons. The minimum Gasteiger partial charge on any atom is -0.494 e. The normalized spacial score (nSPS) is 12.4. The van der Waals surface area contributed by atoms with Gasteiger partial charge in [0, 0.05) is 11.7 Å². The summed E-state index contributed by atoms with van der Waals surface area (Å²) < 4.78 is 7.39. The van der Waals surface area contributed by atoms with E-state index in [0.717, 1.165) is 17.1 Å². The lowest BCUT2D eigenvalue weighted by Gasteiger charge is -2.11. The van der Waals surface area contributed by atoms with Gasteiger partial charge in [-0.15, -0.1) is 0 Å². The summed E-state index contributed by atoms with van der Waals surface area (Å²) in [5, 5.41) is 0. The molecule has 0 aliphatic rings. The van der Waals surface area contributed by atoms with Crippen LogP contribution in [0.25, 0.3) is 5.69 Å². The van der Waals surface area contributed by atoms with Gasteiger partial charge in [0.15, 0.2) is 0 Å². The third-order valence-electron chi connectivity index (χ3n) is 2.56. The molecular weight excluding hydrogens is 214 g/mol. The van der Waals surface area contributed by atoms with Gasteiger partial charge in [0.2, 0.25) is 0 Å². The molecule has 0 aliphatic carbocycles. The van der Waals surface area contributed by atoms with E-state index in [1.807, 2.05) is 42.7 Å². The van der Waals surface area contributed by atoms with Gasteiger partial charge < -0.3 is 15.0 Å². The summed E-state index contributed by atoms with van der Waals surface area (Å²) in [5.74, 6) is 0.874. The van der Waals surface area contributed by atoms with Crippen LogP contribution < -0.4 is 10.5 Å². The van der Waals surface area contributed by atoms with E-state index in [9.17, 15) is 0 Å². The van der Waals surface area contributed by atoms with E-state index in [1.54, 1.807) is 12.5 Å². The van der Waals surface area contributed by atoms with Gasteiger partial charge in [-0.3, -0.25) is 0 Å². The topological polar surface area (TPSA) is 53.1 Å². The van der Waals surface area contributed by atoms with E-state index in [0.29, 0.717) is 6.61 Å². The molecular formula is C13H17N3O. The summed E-state index contributed by atoms with van der Waals surface area (Å²) in [6.07, 6.45) is 3.56. The summed E-state index contributed by atoms with van der Waals surface area (Å²) >= 11 is 0. The minimum absolute atomic E-state index is 0.0379. The van der Waals surface area contributed by atoms with Crippen LogP contribution in [0.1, 0.15) is 25.6 Å². The summed E-state index contributed by atoms with van der Waals surface area (Å²) in [6.45, 7) is 4.59. The van der Waals surface area contributed by atoms with E-state index in [2.05, 4.69) is 4.98 Å². The first-order valence-corrected chi connectivity index (χ1v) is 5.73. The van der Waals surface area contributed by atoms with Crippen LogP contribution in [0.15, 0.2) is 36.8 Å². The molecule has 1 aromatic heterocycles. The molecule has 2 rings (SSSR count). The highest BCUT2D eigenvalue weighted by atomic mass is 16.5. The Morgan fingerprint density at radius 3 is 2.65 bits per heavy atom. The summed E-state index contributed by atoms with van der Waals surface area (Å²) in [7, 11) is 0. The first-order chi connectivity index (χ1) is 8.22. The van der Waals surface area contributed by atoms with Gasteiger partial charge in [-0.25, -0.2) is 4.98 Å². The molecule has 0 saturated heterocycles. The Hall–Kier alpha value is -1.81. The maximum absolute atomic E-state index is 5.89. The second-order valence-electron chi connectivity index (χ2n) is 3.90. The maximum Gasteiger partial charge on any atom is 0.119 e. The van der Waals surface area contributed by atoms with Crippen molar-refractivity contribution < 1.29 is 4.74 Å². The van der Waals surface area contributed by atoms with E-state index in [-0.39, 0.29) is 6.04 Å². The molecule has 0 fully saturated rings. The zero-order valence-corrected chi connectivity index (χ0v) is 10.1. The van der Waals surface area contributed by atoms with Crippen LogP contribution in [0.5, 0.6) is 5.75 Å². The molecule has 0 saturated carbocycles. The van der Waals surface area contributed by atoms with Crippen LogP contribution in [-0.4, -0.2) is 16.2 Å². The molecule has 0 spiro atoms. The monoisotopic (exact) mass is 231 g/mol. The number of ether oxygens (including phenoxy) is 1. The summed E-state index contributed by atoms with van der Waals surface area (Å²) in [5.41, 5.74) is 7.92. The lowest BCUT2D eigenvalue weighted by molar-refractivity contribution is 0.340. The molecule has 4 nitrogen and oxygen atoms in total. The number of imidazole rings is 1. The second kappa shape index (κ2) is 5.01. The van der Waals surface area contributed by atoms with Crippen molar-refractivity contribution >= 4 is 0 Å². The van der Waals surface area contributed by atoms with Crippen LogP contribution in [0, 0.1) is 0 Å². The lowest BCUT2D eigenvalue weighted by Crippen LogP contribution is -2.10. The summed E-state index contributed by atoms with van der Waals surface area (Å²) in [4.78, 5) is 4.13. The number of nitrogens with two attached hydrogens (primary N) is 1. The van der Waals surface area contributed by atoms with Crippen molar-refractivity contribution in [2.75, 3.05) is 6.61 Å². The Labute approximate surface area is 101 Å². The van der Waals surface area contributed by atoms with E-state index in [1.165, 1.54) is 0 Å². The van der Waals surface area contributed by atoms with Crippen LogP contribution >= 0.6 is 0 Å². The van der Waals surface area contributed by atoms with Gasteiger partial charge in [0.25, 0.3) is 0 Å². The fourth-order valence-electron chi connectivity index (χ4n) is 1.73. The number of hydrogen-bond acceptors (Lipinski definition) is 3. The first kappa shape index (κ1) is 11.7. The number of nitrogens with zero attached hydrogens (tertiary/aromatic N) is 2. The Balaban J connectivity index is 2.30. The fourth-order valence-corrected chi connectivity index (χ4v) is 1.73. The van der Waals surface area contributed by atoms with Crippen LogP contribution in [-0.2, 0) is 0 Å². The van der Waals surface area contributed by atoms with Crippen molar-refractivity contribution in [3.63, 3.8) is 0 Å². The average molecular weight is 231 g/mol. The predicted octanol–water partition coefficient (Wildman–Crippen LogP) is 2.29. The zero-order valence-electron chi connectivity index (χ0n) is 10.1. The molecule has 0 amide bonds. The van der Waals surface area contributed by atoms with Crippen molar-refractivity contribution in [3.05, 3.63) is 42.5 Å². The molecule has 2 N–H and O–H groups in total. The van der Waals surface area contributed by atoms with Gasteiger partial charge in [-0.05, 0) is 38.1 Å². The van der Waals surface area contributed by atoms with Crippen LogP contribution in [0.3, 0.4) is 0 Å². The van der Waals surface area contributed by atoms with Crippen molar-refractivity contribution in [2.45, 2.75) is 19.9 Å². The predicted molar refractivity (Wildman–Crippen MR) is 67.3 cm³/mol. The number of aromatic nitrogens is 2. The van der Waals surface area contributed by atoms with Gasteiger partial charge in [0.05, 0.1) is 24.8 Å². The smallest absolute Gasteiger partial charge is 0.119 e. The number of hydrogen-bond donors (Lipinski definition) is 1. The number of rotatable bonds is 4. The molecule has 17 heavy (non-hydrogen) atoms. The lowest BCUT2D eigenvalue weighted by atomic mass is 10.2. The Bertz CT molecular complexity index is 474. The highest BCUT2D eigenvalue weighted by Gasteiger charge is 2.08. The standard InChI is InChI=1S/C13H17N3O/c1-3-17-12-6-4-11(5-7-12)16-9-15-8-13(16)10(2)14/h4-10H,3,14H2,1-2H3/t10-/m1/s1. The molecule has 0 aliphatic heterocycles. The van der Waals surface area contributed by atoms with Crippen molar-refractivity contribution in [2.24, 2.45) is 5.73 Å². The fraction of sp³-hybridized carbons (Fsp3) is 0.308. The molecule has 0 bridgehead atoms. The Morgan fingerprint density at radius 1 is 1.35 bits per heavy atom. The third-order valence-corrected chi connectivity index (χ3v) is 2.56. The maximum atomic E-state index is 5.89. The molecule has 1 heterocycles. The van der Waals surface area contributed by atoms with Crippen LogP contribution in [0.4, 0.5) is 0 Å². The highest BCUT2D eigenvalue weighted by molar-refractivity contribution is 5.39. The van der Waals surface area contributed by atoms with E-state index in [4.69, 9.17) is 10.5 Å². The minimum atomic E-state index is -0.0379. The largest absolute Gasteiger partial charge is 0.494 e. The second-order valence-corrected chi connectivity index (χ2v) is 3.90. The van der Waals surface area contributed by atoms with Crippen molar-refractivity contribution in [3.8, 4) is 11.4 Å². The van der Waals surface area contributed by atoms with Crippen LogP contribution in [0.2, 0.25) is 0 Å². The third kappa shape index (κ3) is 2.47. The summed E-state index contributed by atoms with van der Waals surface area (Å²) in [6, 6.07) is 7.86. The molecule has 4 heteroatoms. The Morgan fingerprint density at radius 2 is 2.06 bits per heavy atom. The molecule has 1 atom stereocenters. The number of benzene rings is 1. The van der Waals surface area contributed by atoms with E-state index >= 15 is 0 Å². The van der Waals surface area contributed by atoms with Gasteiger partial charge in [-0.2, -0.15) is 0 Å². The zero-order chi connectivity index (χ0) is 12.3. The van der Waals surface area contributed by atoms with Crippen molar-refractivity contribution in [1.29, 1.82) is 0 Å². The SMILES string of the molecule is CCOc1ccc(-n2cncc2[C@@H](C)N)cc1. The van der Waals surface area contributed by atoms with Gasteiger partial charge >= 0.3 is 0 Å². The quantitative estimate of drug-likeness (QED) is 0.878. The van der Waals surface area contributed by atoms with Crippen molar-refractivity contribution in [1.82, 2.24) is 9.55 Å². The Kier molecular flexibility index (Phi) is 3.44. The molecule has 0 radical (unpaired) electrons. The van der Waals surface area contributed by atoms with E-state index < -0.39 is 0 Å². The highest BCUT2D eigenvalue weighted by Crippen LogP contribution is 2.19. The molecule has 1 aromatic carbocycles. The van der Waals surface area contributed by atoms with Gasteiger partial charge in [0.1, 0.15) is 5.75 Å². The first-order valence-electron chi connectivity index (χ1n) is 5.73. The average Bonchev–Trinajstić information content (AvgIpc) is 2.79. The molecule has 2 aromatic rings.